The summed E-state index contributed by atoms with van der Waals surface area (Å²) in [6.45, 7) is 4.04. The molecule has 2 rings (SSSR count). The minimum atomic E-state index is -4.53. The number of hydrogen-bond donors (Lipinski definition) is 0. The molecule has 0 aromatic heterocycles. The standard InChI is InChI=1S/C16H20F3NO3S/c1-11(2)9-20(14-6-7-24(22,23)10-14)15(21)12-4-3-5-13(8-12)16(17,18)19/h3-5,8,11,14H,6-7,9-10H2,1-2H3/t14-/m1/s1. The number of carbonyl (C=O) groups is 1. The number of sulfone groups is 1. The average molecular weight is 363 g/mol. The minimum absolute atomic E-state index is 0.00212. The van der Waals surface area contributed by atoms with Crippen LogP contribution in [0, 0.1) is 5.92 Å². The predicted octanol–water partition coefficient (Wildman–Crippen LogP) is 2.99. The summed E-state index contributed by atoms with van der Waals surface area (Å²) in [6, 6.07) is 3.76. The Morgan fingerprint density at radius 2 is 2.00 bits per heavy atom. The summed E-state index contributed by atoms with van der Waals surface area (Å²) in [7, 11) is -3.20. The second-order valence-electron chi connectivity index (χ2n) is 6.49. The zero-order valence-electron chi connectivity index (χ0n) is 13.5. The van der Waals surface area contributed by atoms with Gasteiger partial charge in [0.2, 0.25) is 0 Å². The molecule has 0 bridgehead atoms. The monoisotopic (exact) mass is 363 g/mol. The first kappa shape index (κ1) is 18.8. The molecule has 1 aliphatic rings. The molecule has 0 saturated carbocycles. The van der Waals surface area contributed by atoms with Gasteiger partial charge in [-0.25, -0.2) is 8.42 Å². The van der Waals surface area contributed by atoms with Crippen molar-refractivity contribution in [1.82, 2.24) is 4.90 Å². The van der Waals surface area contributed by atoms with Crippen molar-refractivity contribution in [2.45, 2.75) is 32.5 Å². The van der Waals surface area contributed by atoms with Crippen LogP contribution in [0.1, 0.15) is 36.2 Å². The maximum Gasteiger partial charge on any atom is 0.416 e. The summed E-state index contributed by atoms with van der Waals surface area (Å²) >= 11 is 0. The van der Waals surface area contributed by atoms with Gasteiger partial charge in [-0.1, -0.05) is 19.9 Å². The van der Waals surface area contributed by atoms with Gasteiger partial charge in [-0.05, 0) is 30.5 Å². The van der Waals surface area contributed by atoms with Crippen molar-refractivity contribution in [3.63, 3.8) is 0 Å². The highest BCUT2D eigenvalue weighted by molar-refractivity contribution is 7.91. The van der Waals surface area contributed by atoms with Crippen LogP contribution in [0.4, 0.5) is 13.2 Å². The number of rotatable bonds is 4. The predicted molar refractivity (Wildman–Crippen MR) is 84.4 cm³/mol. The molecular formula is C16H20F3NO3S. The topological polar surface area (TPSA) is 54.5 Å². The number of benzene rings is 1. The lowest BCUT2D eigenvalue weighted by atomic mass is 10.1. The van der Waals surface area contributed by atoms with Crippen LogP contribution in [0.3, 0.4) is 0 Å². The van der Waals surface area contributed by atoms with Crippen LogP contribution in [0.15, 0.2) is 24.3 Å². The Kier molecular flexibility index (Phi) is 5.27. The van der Waals surface area contributed by atoms with Crippen LogP contribution in [-0.2, 0) is 16.0 Å². The number of alkyl halides is 3. The van der Waals surface area contributed by atoms with Crippen molar-refractivity contribution in [3.05, 3.63) is 35.4 Å². The first-order chi connectivity index (χ1) is 11.0. The van der Waals surface area contributed by atoms with Crippen molar-refractivity contribution in [2.75, 3.05) is 18.1 Å². The fourth-order valence-corrected chi connectivity index (χ4v) is 4.54. The second-order valence-corrected chi connectivity index (χ2v) is 8.72. The van der Waals surface area contributed by atoms with Gasteiger partial charge in [-0.3, -0.25) is 4.79 Å². The van der Waals surface area contributed by atoms with Crippen LogP contribution in [0.25, 0.3) is 0 Å². The van der Waals surface area contributed by atoms with E-state index in [9.17, 15) is 26.4 Å². The first-order valence-electron chi connectivity index (χ1n) is 7.68. The van der Waals surface area contributed by atoms with Gasteiger partial charge in [0.25, 0.3) is 5.91 Å². The Hall–Kier alpha value is -1.57. The third-order valence-corrected chi connectivity index (χ3v) is 5.66. The van der Waals surface area contributed by atoms with Gasteiger partial charge < -0.3 is 4.90 Å². The van der Waals surface area contributed by atoms with Crippen LogP contribution < -0.4 is 0 Å². The maximum atomic E-state index is 12.8. The van der Waals surface area contributed by atoms with E-state index in [4.69, 9.17) is 0 Å². The summed E-state index contributed by atoms with van der Waals surface area (Å²) in [6.07, 6.45) is -4.21. The van der Waals surface area contributed by atoms with E-state index in [-0.39, 0.29) is 23.0 Å². The number of nitrogens with zero attached hydrogens (tertiary/aromatic N) is 1. The highest BCUT2D eigenvalue weighted by Crippen LogP contribution is 2.30. The molecule has 1 atom stereocenters. The Balaban J connectivity index is 2.31. The third kappa shape index (κ3) is 4.49. The lowest BCUT2D eigenvalue weighted by Crippen LogP contribution is -2.43. The fourth-order valence-electron chi connectivity index (χ4n) is 2.81. The molecule has 1 amide bonds. The minimum Gasteiger partial charge on any atom is -0.334 e. The Bertz CT molecular complexity index is 714. The van der Waals surface area contributed by atoms with Crippen molar-refractivity contribution < 1.29 is 26.4 Å². The van der Waals surface area contributed by atoms with E-state index < -0.39 is 33.5 Å². The summed E-state index contributed by atoms with van der Waals surface area (Å²) in [5, 5.41) is 0. The van der Waals surface area contributed by atoms with Crippen LogP contribution in [-0.4, -0.2) is 43.3 Å². The fraction of sp³-hybridized carbons (Fsp3) is 0.562. The number of hydrogen-bond acceptors (Lipinski definition) is 3. The van der Waals surface area contributed by atoms with E-state index in [1.807, 2.05) is 13.8 Å². The smallest absolute Gasteiger partial charge is 0.334 e. The maximum absolute atomic E-state index is 12.8. The summed E-state index contributed by atoms with van der Waals surface area (Å²) in [5.41, 5.74) is -0.966. The lowest BCUT2D eigenvalue weighted by Gasteiger charge is -2.30. The molecule has 1 aromatic carbocycles. The van der Waals surface area contributed by atoms with E-state index in [2.05, 4.69) is 0 Å². The van der Waals surface area contributed by atoms with Gasteiger partial charge in [0.05, 0.1) is 17.1 Å². The highest BCUT2D eigenvalue weighted by atomic mass is 32.2. The Labute approximate surface area is 139 Å². The largest absolute Gasteiger partial charge is 0.416 e. The Morgan fingerprint density at radius 1 is 1.33 bits per heavy atom. The molecule has 1 fully saturated rings. The van der Waals surface area contributed by atoms with Crippen LogP contribution in [0.5, 0.6) is 0 Å². The molecule has 1 heterocycles. The molecule has 24 heavy (non-hydrogen) atoms. The van der Waals surface area contributed by atoms with Crippen molar-refractivity contribution in [3.8, 4) is 0 Å². The van der Waals surface area contributed by atoms with E-state index in [1.54, 1.807) is 0 Å². The molecule has 0 N–H and O–H groups in total. The Morgan fingerprint density at radius 3 is 2.50 bits per heavy atom. The molecule has 0 radical (unpaired) electrons. The zero-order valence-corrected chi connectivity index (χ0v) is 14.3. The molecule has 0 spiro atoms. The first-order valence-corrected chi connectivity index (χ1v) is 9.50. The lowest BCUT2D eigenvalue weighted by molar-refractivity contribution is -0.137. The van der Waals surface area contributed by atoms with Gasteiger partial charge in [-0.15, -0.1) is 0 Å². The van der Waals surface area contributed by atoms with Crippen molar-refractivity contribution in [1.29, 1.82) is 0 Å². The number of amides is 1. The van der Waals surface area contributed by atoms with Gasteiger partial charge in [-0.2, -0.15) is 13.2 Å². The molecule has 0 aliphatic carbocycles. The van der Waals surface area contributed by atoms with Crippen molar-refractivity contribution >= 4 is 15.7 Å². The molecular weight excluding hydrogens is 343 g/mol. The average Bonchev–Trinajstić information content (AvgIpc) is 2.83. The summed E-state index contributed by atoms with van der Waals surface area (Å²) in [4.78, 5) is 14.1. The third-order valence-electron chi connectivity index (χ3n) is 3.91. The van der Waals surface area contributed by atoms with Crippen LogP contribution in [0.2, 0.25) is 0 Å². The van der Waals surface area contributed by atoms with E-state index >= 15 is 0 Å². The molecule has 8 heteroatoms. The molecule has 1 aliphatic heterocycles. The molecule has 1 saturated heterocycles. The van der Waals surface area contributed by atoms with Gasteiger partial charge in [0, 0.05) is 18.2 Å². The molecule has 4 nitrogen and oxygen atoms in total. The highest BCUT2D eigenvalue weighted by Gasteiger charge is 2.36. The SMILES string of the molecule is CC(C)CN(C(=O)c1cccc(C(F)(F)F)c1)[C@@H]1CCS(=O)(=O)C1. The zero-order chi connectivity index (χ0) is 18.1. The van der Waals surface area contributed by atoms with Gasteiger partial charge >= 0.3 is 6.18 Å². The second kappa shape index (κ2) is 6.74. The van der Waals surface area contributed by atoms with Crippen molar-refractivity contribution in [2.24, 2.45) is 5.92 Å². The van der Waals surface area contributed by atoms with Crippen LogP contribution >= 0.6 is 0 Å². The number of carbonyl (C=O) groups excluding carboxylic acids is 1. The van der Waals surface area contributed by atoms with E-state index in [1.165, 1.54) is 17.0 Å². The van der Waals surface area contributed by atoms with Gasteiger partial charge in [0.1, 0.15) is 0 Å². The summed E-state index contributed by atoms with van der Waals surface area (Å²) < 4.78 is 61.9. The normalized spacial score (nSPS) is 20.3. The van der Waals surface area contributed by atoms with E-state index in [0.29, 0.717) is 13.0 Å². The van der Waals surface area contributed by atoms with E-state index in [0.717, 1.165) is 12.1 Å². The number of halogens is 3. The molecule has 134 valence electrons. The summed E-state index contributed by atoms with van der Waals surface area (Å²) in [5.74, 6) is -0.619. The van der Waals surface area contributed by atoms with Gasteiger partial charge in [0.15, 0.2) is 9.84 Å². The molecule has 1 aromatic rings. The molecule has 0 unspecified atom stereocenters. The quantitative estimate of drug-likeness (QED) is 0.826.